The molecule has 1 unspecified atom stereocenters. The number of nitrogens with zero attached hydrogens (tertiary/aromatic N) is 3. The molecule has 1 amide bonds. The lowest BCUT2D eigenvalue weighted by Gasteiger charge is -2.37. The maximum atomic E-state index is 12.4. The summed E-state index contributed by atoms with van der Waals surface area (Å²) in [6, 6.07) is 4.06. The second kappa shape index (κ2) is 7.17. The zero-order valence-corrected chi connectivity index (χ0v) is 13.1. The Morgan fingerprint density at radius 2 is 2.23 bits per heavy atom. The van der Waals surface area contributed by atoms with Crippen molar-refractivity contribution in [3.63, 3.8) is 0 Å². The van der Waals surface area contributed by atoms with Gasteiger partial charge in [-0.25, -0.2) is 0 Å². The van der Waals surface area contributed by atoms with Crippen LogP contribution in [0.2, 0.25) is 0 Å². The first-order valence-corrected chi connectivity index (χ1v) is 7.98. The quantitative estimate of drug-likeness (QED) is 0.853. The Morgan fingerprint density at radius 1 is 1.41 bits per heavy atom. The van der Waals surface area contributed by atoms with Gasteiger partial charge in [-0.2, -0.15) is 0 Å². The zero-order chi connectivity index (χ0) is 15.4. The molecule has 3 rings (SSSR count). The minimum absolute atomic E-state index is 0.126. The van der Waals surface area contributed by atoms with E-state index in [1.165, 1.54) is 5.56 Å². The molecule has 2 fully saturated rings. The van der Waals surface area contributed by atoms with Crippen LogP contribution in [0.1, 0.15) is 11.3 Å². The van der Waals surface area contributed by atoms with Crippen molar-refractivity contribution < 1.29 is 9.53 Å². The molecule has 1 aromatic rings. The molecule has 0 aromatic carbocycles. The molecular weight excluding hydrogens is 280 g/mol. The number of rotatable bonds is 3. The lowest BCUT2D eigenvalue weighted by molar-refractivity contribution is -0.147. The Hall–Kier alpha value is -1.50. The first kappa shape index (κ1) is 15.4. The minimum Gasteiger partial charge on any atom is -0.366 e. The van der Waals surface area contributed by atoms with Crippen LogP contribution in [0.5, 0.6) is 0 Å². The molecule has 1 N–H and O–H groups in total. The van der Waals surface area contributed by atoms with Gasteiger partial charge < -0.3 is 15.0 Å². The Balaban J connectivity index is 1.50. The second-order valence-electron chi connectivity index (χ2n) is 5.93. The SMILES string of the molecule is Cc1cccnc1CN1CCN(C(=O)C2CNCCO2)CC1. The lowest BCUT2D eigenvalue weighted by atomic mass is 10.2. The van der Waals surface area contributed by atoms with Crippen LogP contribution in [0.4, 0.5) is 0 Å². The maximum absolute atomic E-state index is 12.4. The Kier molecular flexibility index (Phi) is 5.02. The van der Waals surface area contributed by atoms with Gasteiger partial charge in [0.1, 0.15) is 6.10 Å². The van der Waals surface area contributed by atoms with E-state index in [4.69, 9.17) is 4.74 Å². The van der Waals surface area contributed by atoms with E-state index in [1.807, 2.05) is 17.2 Å². The molecule has 1 aromatic heterocycles. The number of hydrogen-bond acceptors (Lipinski definition) is 5. The average Bonchev–Trinajstić information content (AvgIpc) is 2.58. The number of aryl methyl sites for hydroxylation is 1. The summed E-state index contributed by atoms with van der Waals surface area (Å²) in [5.74, 6) is 0.126. The van der Waals surface area contributed by atoms with E-state index in [1.54, 1.807) is 0 Å². The third-order valence-electron chi connectivity index (χ3n) is 4.38. The van der Waals surface area contributed by atoms with E-state index in [2.05, 4.69) is 28.2 Å². The summed E-state index contributed by atoms with van der Waals surface area (Å²) in [6.07, 6.45) is 1.54. The summed E-state index contributed by atoms with van der Waals surface area (Å²) >= 11 is 0. The van der Waals surface area contributed by atoms with Crippen LogP contribution >= 0.6 is 0 Å². The van der Waals surface area contributed by atoms with Gasteiger partial charge >= 0.3 is 0 Å². The van der Waals surface area contributed by atoms with Crippen molar-refractivity contribution >= 4 is 5.91 Å². The monoisotopic (exact) mass is 304 g/mol. The van der Waals surface area contributed by atoms with Crippen LogP contribution < -0.4 is 5.32 Å². The van der Waals surface area contributed by atoms with Crippen LogP contribution in [0.15, 0.2) is 18.3 Å². The van der Waals surface area contributed by atoms with Crippen LogP contribution in [-0.4, -0.2) is 72.7 Å². The fraction of sp³-hybridized carbons (Fsp3) is 0.625. The second-order valence-corrected chi connectivity index (χ2v) is 5.93. The van der Waals surface area contributed by atoms with Gasteiger partial charge in [0.05, 0.1) is 12.3 Å². The normalized spacial score (nSPS) is 23.5. The number of morpholine rings is 1. The number of nitrogens with one attached hydrogen (secondary N) is 1. The predicted molar refractivity (Wildman–Crippen MR) is 83.4 cm³/mol. The van der Waals surface area contributed by atoms with E-state index < -0.39 is 0 Å². The molecule has 0 spiro atoms. The van der Waals surface area contributed by atoms with Gasteiger partial charge in [-0.1, -0.05) is 6.07 Å². The number of amides is 1. The van der Waals surface area contributed by atoms with Crippen molar-refractivity contribution in [1.82, 2.24) is 20.1 Å². The number of piperazine rings is 1. The van der Waals surface area contributed by atoms with Crippen molar-refractivity contribution in [3.8, 4) is 0 Å². The summed E-state index contributed by atoms with van der Waals surface area (Å²) < 4.78 is 5.55. The fourth-order valence-corrected chi connectivity index (χ4v) is 2.95. The van der Waals surface area contributed by atoms with Gasteiger partial charge in [-0.15, -0.1) is 0 Å². The van der Waals surface area contributed by atoms with Gasteiger partial charge in [-0.3, -0.25) is 14.7 Å². The summed E-state index contributed by atoms with van der Waals surface area (Å²) in [5.41, 5.74) is 2.35. The van der Waals surface area contributed by atoms with Gasteiger partial charge in [0.25, 0.3) is 5.91 Å². The summed E-state index contributed by atoms with van der Waals surface area (Å²) in [6.45, 7) is 8.35. The standard InChI is InChI=1S/C16H24N4O2/c1-13-3-2-4-18-14(13)12-19-6-8-20(9-7-19)16(21)15-11-17-5-10-22-15/h2-4,15,17H,5-12H2,1H3. The third-order valence-corrected chi connectivity index (χ3v) is 4.38. The van der Waals surface area contributed by atoms with Gasteiger partial charge in [0, 0.05) is 52.0 Å². The number of aromatic nitrogens is 1. The minimum atomic E-state index is -0.307. The number of ether oxygens (including phenoxy) is 1. The largest absolute Gasteiger partial charge is 0.366 e. The lowest BCUT2D eigenvalue weighted by Crippen LogP contribution is -2.55. The molecular formula is C16H24N4O2. The fourth-order valence-electron chi connectivity index (χ4n) is 2.95. The molecule has 0 radical (unpaired) electrons. The average molecular weight is 304 g/mol. The topological polar surface area (TPSA) is 57.7 Å². The molecule has 6 nitrogen and oxygen atoms in total. The predicted octanol–water partition coefficient (Wildman–Crippen LogP) is 0.0226. The first-order chi connectivity index (χ1) is 10.7. The highest BCUT2D eigenvalue weighted by Crippen LogP contribution is 2.12. The molecule has 120 valence electrons. The van der Waals surface area contributed by atoms with Gasteiger partial charge in [0.2, 0.25) is 0 Å². The van der Waals surface area contributed by atoms with E-state index in [-0.39, 0.29) is 12.0 Å². The van der Waals surface area contributed by atoms with Gasteiger partial charge in [0.15, 0.2) is 0 Å². The molecule has 0 aliphatic carbocycles. The highest BCUT2D eigenvalue weighted by atomic mass is 16.5. The summed E-state index contributed by atoms with van der Waals surface area (Å²) in [7, 11) is 0. The number of carbonyl (C=O) groups is 1. The van der Waals surface area contributed by atoms with Crippen LogP contribution in [0, 0.1) is 6.92 Å². The number of carbonyl (C=O) groups excluding carboxylic acids is 1. The summed E-state index contributed by atoms with van der Waals surface area (Å²) in [4.78, 5) is 21.1. The van der Waals surface area contributed by atoms with Crippen molar-refractivity contribution in [2.45, 2.75) is 19.6 Å². The Morgan fingerprint density at radius 3 is 2.91 bits per heavy atom. The van der Waals surface area contributed by atoms with E-state index in [9.17, 15) is 4.79 Å². The molecule has 2 saturated heterocycles. The number of hydrogen-bond donors (Lipinski definition) is 1. The van der Waals surface area contributed by atoms with Crippen LogP contribution in [0.3, 0.4) is 0 Å². The Bertz CT molecular complexity index is 509. The van der Waals surface area contributed by atoms with Crippen molar-refractivity contribution in [1.29, 1.82) is 0 Å². The van der Waals surface area contributed by atoms with E-state index in [0.29, 0.717) is 13.2 Å². The highest BCUT2D eigenvalue weighted by Gasteiger charge is 2.29. The molecule has 0 saturated carbocycles. The molecule has 22 heavy (non-hydrogen) atoms. The van der Waals surface area contributed by atoms with Crippen molar-refractivity contribution in [2.24, 2.45) is 0 Å². The first-order valence-electron chi connectivity index (χ1n) is 7.98. The van der Waals surface area contributed by atoms with Crippen LogP contribution in [0.25, 0.3) is 0 Å². The number of pyridine rings is 1. The third kappa shape index (κ3) is 3.63. The smallest absolute Gasteiger partial charge is 0.253 e. The van der Waals surface area contributed by atoms with E-state index >= 15 is 0 Å². The zero-order valence-electron chi connectivity index (χ0n) is 13.1. The molecule has 2 aliphatic heterocycles. The van der Waals surface area contributed by atoms with Crippen molar-refractivity contribution in [3.05, 3.63) is 29.6 Å². The van der Waals surface area contributed by atoms with Crippen molar-refractivity contribution in [2.75, 3.05) is 45.9 Å². The van der Waals surface area contributed by atoms with Gasteiger partial charge in [-0.05, 0) is 18.6 Å². The molecule has 6 heteroatoms. The Labute approximate surface area is 131 Å². The molecule has 0 bridgehead atoms. The highest BCUT2D eigenvalue weighted by molar-refractivity contribution is 5.81. The van der Waals surface area contributed by atoms with E-state index in [0.717, 1.165) is 45.0 Å². The molecule has 1 atom stereocenters. The molecule has 3 heterocycles. The maximum Gasteiger partial charge on any atom is 0.253 e. The van der Waals surface area contributed by atoms with Crippen LogP contribution in [-0.2, 0) is 16.1 Å². The summed E-state index contributed by atoms with van der Waals surface area (Å²) in [5, 5.41) is 3.21. The molecule has 2 aliphatic rings.